The molecule has 2 nitrogen and oxygen atoms in total. The molecule has 0 saturated heterocycles. The van der Waals surface area contributed by atoms with E-state index in [2.05, 4.69) is 4.08 Å². The predicted octanol–water partition coefficient (Wildman–Crippen LogP) is -2.00. The molecule has 10 heavy (non-hydrogen) atoms. The average Bonchev–Trinajstić information content (AvgIpc) is 1.88. The van der Waals surface area contributed by atoms with Crippen LogP contribution in [0.15, 0.2) is 22.3 Å². The Kier molecular flexibility index (Phi) is 2.92. The number of carboxylic acids is 1. The van der Waals surface area contributed by atoms with Crippen molar-refractivity contribution in [3.63, 3.8) is 0 Å². The Balaban J connectivity index is 2.37. The second-order valence-corrected chi connectivity index (χ2v) is 4.98. The summed E-state index contributed by atoms with van der Waals surface area (Å²) in [5.74, 6) is -0.690. The molecule has 3 heteroatoms. The molecule has 0 fully saturated rings. The minimum atomic E-state index is -0.690. The molecule has 1 aliphatic heterocycles. The van der Waals surface area contributed by atoms with Gasteiger partial charge in [0.2, 0.25) is 0 Å². The molecule has 1 atom stereocenters. The van der Waals surface area contributed by atoms with Gasteiger partial charge in [0.05, 0.1) is 0 Å². The fourth-order valence-electron chi connectivity index (χ4n) is 0.684. The first kappa shape index (κ1) is 7.78. The van der Waals surface area contributed by atoms with Crippen molar-refractivity contribution < 1.29 is 31.1 Å². The van der Waals surface area contributed by atoms with Crippen molar-refractivity contribution in [1.82, 2.24) is 0 Å². The van der Waals surface area contributed by atoms with E-state index in [0.717, 1.165) is 0 Å². The van der Waals surface area contributed by atoms with Gasteiger partial charge in [-0.15, -0.1) is 0 Å². The van der Waals surface area contributed by atoms with E-state index in [9.17, 15) is 4.79 Å². The molecule has 0 aromatic carbocycles. The topological polar surface area (TPSA) is 37.3 Å². The number of hydrogen-bond acceptors (Lipinski definition) is 1. The monoisotopic (exact) mass is 251 g/mol. The van der Waals surface area contributed by atoms with E-state index in [1.807, 2.05) is 18.2 Å². The normalized spacial score (nSPS) is 23.8. The van der Waals surface area contributed by atoms with Crippen LogP contribution in [0.4, 0.5) is 0 Å². The SMILES string of the molecule is O=C(O)CC1C=CC=C[I-]1. The number of carbonyl (C=O) groups is 1. The number of aliphatic carboxylic acids is 1. The number of halogens is 1. The molecule has 0 aromatic rings. The number of alkyl halides is 1. The van der Waals surface area contributed by atoms with Crippen LogP contribution in [0.1, 0.15) is 6.42 Å². The molecular weight excluding hydrogens is 243 g/mol. The number of hydrogen-bond donors (Lipinski definition) is 1. The van der Waals surface area contributed by atoms with Crippen molar-refractivity contribution >= 4 is 5.97 Å². The van der Waals surface area contributed by atoms with Gasteiger partial charge in [0.1, 0.15) is 0 Å². The molecule has 0 saturated carbocycles. The van der Waals surface area contributed by atoms with Gasteiger partial charge in [0.25, 0.3) is 0 Å². The summed E-state index contributed by atoms with van der Waals surface area (Å²) >= 11 is -0.0330. The maximum absolute atomic E-state index is 10.2. The van der Waals surface area contributed by atoms with Gasteiger partial charge in [-0.3, -0.25) is 0 Å². The van der Waals surface area contributed by atoms with Crippen molar-refractivity contribution in [2.45, 2.75) is 10.3 Å². The molecule has 1 unspecified atom stereocenters. The summed E-state index contributed by atoms with van der Waals surface area (Å²) < 4.78 is 2.42. The Bertz CT molecular complexity index is 184. The van der Waals surface area contributed by atoms with Crippen molar-refractivity contribution in [2.24, 2.45) is 0 Å². The Morgan fingerprint density at radius 2 is 2.40 bits per heavy atom. The van der Waals surface area contributed by atoms with Gasteiger partial charge >= 0.3 is 69.7 Å². The molecular formula is C7H8IO2-. The van der Waals surface area contributed by atoms with Gasteiger partial charge in [0.15, 0.2) is 0 Å². The minimum absolute atomic E-state index is 0.0330. The van der Waals surface area contributed by atoms with Crippen LogP contribution >= 0.6 is 0 Å². The first-order valence-corrected chi connectivity index (χ1v) is 5.45. The molecule has 56 valence electrons. The maximum atomic E-state index is 10.2. The Morgan fingerprint density at radius 3 is 2.90 bits per heavy atom. The quantitative estimate of drug-likeness (QED) is 0.455. The van der Waals surface area contributed by atoms with Gasteiger partial charge in [-0.05, 0) is 0 Å². The molecule has 0 bridgehead atoms. The molecule has 1 heterocycles. The second kappa shape index (κ2) is 3.75. The third kappa shape index (κ3) is 2.51. The molecule has 0 aromatic heterocycles. The fourth-order valence-corrected chi connectivity index (χ4v) is 2.81. The van der Waals surface area contributed by atoms with Gasteiger partial charge in [-0.25, -0.2) is 0 Å². The van der Waals surface area contributed by atoms with Crippen LogP contribution < -0.4 is 21.2 Å². The summed E-state index contributed by atoms with van der Waals surface area (Å²) in [7, 11) is 0. The van der Waals surface area contributed by atoms with Crippen LogP contribution in [0.5, 0.6) is 0 Å². The zero-order valence-electron chi connectivity index (χ0n) is 5.33. The first-order chi connectivity index (χ1) is 4.79. The van der Waals surface area contributed by atoms with E-state index in [4.69, 9.17) is 5.11 Å². The van der Waals surface area contributed by atoms with E-state index < -0.39 is 5.97 Å². The fraction of sp³-hybridized carbons (Fsp3) is 0.286. The Hall–Kier alpha value is -0.320. The zero-order valence-corrected chi connectivity index (χ0v) is 7.48. The van der Waals surface area contributed by atoms with Crippen molar-refractivity contribution in [3.8, 4) is 0 Å². The molecule has 0 radical (unpaired) electrons. The number of allylic oxidation sites excluding steroid dienone is 3. The third-order valence-corrected chi connectivity index (χ3v) is 3.72. The van der Waals surface area contributed by atoms with Crippen LogP contribution in [0.25, 0.3) is 0 Å². The molecule has 1 N–H and O–H groups in total. The summed E-state index contributed by atoms with van der Waals surface area (Å²) in [6.45, 7) is 0. The van der Waals surface area contributed by atoms with E-state index in [1.54, 1.807) is 0 Å². The van der Waals surface area contributed by atoms with Crippen LogP contribution in [0.2, 0.25) is 0 Å². The summed E-state index contributed by atoms with van der Waals surface area (Å²) in [6.07, 6.45) is 6.21. The average molecular weight is 251 g/mol. The molecule has 1 aliphatic rings. The van der Waals surface area contributed by atoms with Crippen LogP contribution in [0, 0.1) is 0 Å². The molecule has 0 spiro atoms. The Morgan fingerprint density at radius 1 is 1.60 bits per heavy atom. The zero-order chi connectivity index (χ0) is 7.40. The van der Waals surface area contributed by atoms with Crippen LogP contribution in [-0.4, -0.2) is 15.0 Å². The van der Waals surface area contributed by atoms with E-state index in [1.165, 1.54) is 0 Å². The van der Waals surface area contributed by atoms with E-state index >= 15 is 0 Å². The predicted molar refractivity (Wildman–Crippen MR) is 34.3 cm³/mol. The van der Waals surface area contributed by atoms with Gasteiger partial charge in [-0.2, -0.15) is 0 Å². The summed E-state index contributed by atoms with van der Waals surface area (Å²) in [5.41, 5.74) is 0. The number of rotatable bonds is 2. The van der Waals surface area contributed by atoms with Gasteiger partial charge in [0, 0.05) is 0 Å². The van der Waals surface area contributed by atoms with Crippen LogP contribution in [-0.2, 0) is 4.79 Å². The Labute approximate surface area is 69.9 Å². The molecule has 1 rings (SSSR count). The van der Waals surface area contributed by atoms with Crippen molar-refractivity contribution in [3.05, 3.63) is 22.3 Å². The van der Waals surface area contributed by atoms with Crippen LogP contribution in [0.3, 0.4) is 0 Å². The first-order valence-electron chi connectivity index (χ1n) is 2.96. The van der Waals surface area contributed by atoms with Crippen molar-refractivity contribution in [1.29, 1.82) is 0 Å². The number of carboxylic acid groups (broad SMARTS) is 1. The molecule has 0 amide bonds. The second-order valence-electron chi connectivity index (χ2n) is 1.94. The van der Waals surface area contributed by atoms with Gasteiger partial charge in [-0.1, -0.05) is 0 Å². The van der Waals surface area contributed by atoms with Gasteiger partial charge < -0.3 is 0 Å². The summed E-state index contributed by atoms with van der Waals surface area (Å²) in [4.78, 5) is 10.2. The van der Waals surface area contributed by atoms with E-state index in [-0.39, 0.29) is 21.2 Å². The van der Waals surface area contributed by atoms with Crippen molar-refractivity contribution in [2.75, 3.05) is 0 Å². The third-order valence-electron chi connectivity index (χ3n) is 1.11. The molecule has 0 aliphatic carbocycles. The van der Waals surface area contributed by atoms with E-state index in [0.29, 0.717) is 10.3 Å². The summed E-state index contributed by atoms with van der Waals surface area (Å²) in [5, 5.41) is 8.43. The standard InChI is InChI=1S/C7H8IO2/c9-7(10)5-6-3-1-2-4-8-6/h1-4,6H,5H2,(H,9,10)/q-1. The summed E-state index contributed by atoms with van der Waals surface area (Å²) in [6, 6.07) is 0.